The van der Waals surface area contributed by atoms with Crippen molar-refractivity contribution in [1.82, 2.24) is 19.9 Å². The fourth-order valence-corrected chi connectivity index (χ4v) is 4.22. The van der Waals surface area contributed by atoms with Gasteiger partial charge in [0.15, 0.2) is 5.69 Å². The van der Waals surface area contributed by atoms with Crippen LogP contribution in [0.5, 0.6) is 5.88 Å². The first kappa shape index (κ1) is 18.2. The molecule has 8 heteroatoms. The van der Waals surface area contributed by atoms with Crippen molar-refractivity contribution in [2.75, 3.05) is 31.6 Å². The highest BCUT2D eigenvalue weighted by Crippen LogP contribution is 2.33. The van der Waals surface area contributed by atoms with E-state index in [4.69, 9.17) is 10.00 Å². The van der Waals surface area contributed by atoms with E-state index in [1.807, 2.05) is 11.0 Å². The molecule has 0 aromatic carbocycles. The van der Waals surface area contributed by atoms with Crippen LogP contribution in [-0.2, 0) is 0 Å². The molecule has 0 aliphatic carbocycles. The number of likely N-dealkylation sites (tertiary alicyclic amines) is 1. The molecule has 2 atom stereocenters. The summed E-state index contributed by atoms with van der Waals surface area (Å²) in [5.41, 5.74) is 0.749. The Morgan fingerprint density at radius 1 is 1.25 bits per heavy atom. The first-order chi connectivity index (χ1) is 13.7. The lowest BCUT2D eigenvalue weighted by Crippen LogP contribution is -2.56. The van der Waals surface area contributed by atoms with Crippen LogP contribution in [0.3, 0.4) is 0 Å². The van der Waals surface area contributed by atoms with Crippen LogP contribution >= 0.6 is 0 Å². The van der Waals surface area contributed by atoms with Crippen LogP contribution in [0.15, 0.2) is 30.6 Å². The molecule has 2 fully saturated rings. The van der Waals surface area contributed by atoms with Gasteiger partial charge in [0.25, 0.3) is 5.91 Å². The lowest BCUT2D eigenvalue weighted by molar-refractivity contribution is 0.0442. The van der Waals surface area contributed by atoms with Gasteiger partial charge in [-0.25, -0.2) is 9.97 Å². The number of ether oxygens (including phenoxy) is 1. The zero-order chi connectivity index (χ0) is 19.5. The van der Waals surface area contributed by atoms with Gasteiger partial charge in [-0.05, 0) is 31.2 Å². The number of anilines is 1. The third kappa shape index (κ3) is 3.48. The third-order valence-electron chi connectivity index (χ3n) is 5.54. The van der Waals surface area contributed by atoms with Crippen LogP contribution in [0.4, 0.5) is 5.82 Å². The number of carbonyl (C=O) groups excluding carboxylic acids is 1. The zero-order valence-corrected chi connectivity index (χ0v) is 15.8. The van der Waals surface area contributed by atoms with Gasteiger partial charge in [0.2, 0.25) is 5.88 Å². The summed E-state index contributed by atoms with van der Waals surface area (Å²) in [5.74, 6) is 1.51. The molecule has 1 amide bonds. The smallest absolute Gasteiger partial charge is 0.272 e. The van der Waals surface area contributed by atoms with E-state index in [1.54, 1.807) is 31.5 Å². The van der Waals surface area contributed by atoms with E-state index in [1.165, 1.54) is 6.20 Å². The predicted octanol–water partition coefficient (Wildman–Crippen LogP) is 1.88. The summed E-state index contributed by atoms with van der Waals surface area (Å²) in [5, 5.41) is 9.06. The number of rotatable bonds is 3. The zero-order valence-electron chi connectivity index (χ0n) is 15.8. The van der Waals surface area contributed by atoms with Gasteiger partial charge in [-0.3, -0.25) is 9.78 Å². The summed E-state index contributed by atoms with van der Waals surface area (Å²) in [6, 6.07) is 7.51. The van der Waals surface area contributed by atoms with E-state index in [0.29, 0.717) is 23.2 Å². The fourth-order valence-electron chi connectivity index (χ4n) is 4.22. The molecule has 0 radical (unpaired) electrons. The number of carbonyl (C=O) groups is 1. The van der Waals surface area contributed by atoms with Crippen molar-refractivity contribution in [3.8, 4) is 11.9 Å². The normalized spacial score (nSPS) is 21.6. The fraction of sp³-hybridized carbons (Fsp3) is 0.450. The second-order valence-corrected chi connectivity index (χ2v) is 7.14. The maximum absolute atomic E-state index is 13.1. The first-order valence-corrected chi connectivity index (χ1v) is 9.48. The predicted molar refractivity (Wildman–Crippen MR) is 102 cm³/mol. The molecule has 0 N–H and O–H groups in total. The monoisotopic (exact) mass is 378 g/mol. The van der Waals surface area contributed by atoms with Crippen molar-refractivity contribution in [3.63, 3.8) is 0 Å². The summed E-state index contributed by atoms with van der Waals surface area (Å²) in [7, 11) is 1.55. The van der Waals surface area contributed by atoms with Crippen LogP contribution in [0, 0.1) is 17.2 Å². The number of amides is 1. The maximum atomic E-state index is 13.1. The summed E-state index contributed by atoms with van der Waals surface area (Å²) in [6.45, 7) is 2.34. The van der Waals surface area contributed by atoms with Gasteiger partial charge in [0.1, 0.15) is 17.6 Å². The van der Waals surface area contributed by atoms with Gasteiger partial charge in [-0.15, -0.1) is 0 Å². The molecular weight excluding hydrogens is 356 g/mol. The molecule has 4 heterocycles. The highest BCUT2D eigenvalue weighted by atomic mass is 16.5. The van der Waals surface area contributed by atoms with Gasteiger partial charge in [0, 0.05) is 31.7 Å². The van der Waals surface area contributed by atoms with E-state index in [9.17, 15) is 4.79 Å². The minimum absolute atomic E-state index is 0.0340. The molecule has 0 spiro atoms. The maximum Gasteiger partial charge on any atom is 0.272 e. The molecule has 0 saturated carbocycles. The summed E-state index contributed by atoms with van der Waals surface area (Å²) in [6.07, 6.45) is 6.07. The van der Waals surface area contributed by atoms with Gasteiger partial charge in [-0.2, -0.15) is 5.26 Å². The van der Waals surface area contributed by atoms with Crippen LogP contribution in [0.2, 0.25) is 0 Å². The molecule has 2 aliphatic heterocycles. The Morgan fingerprint density at radius 3 is 2.96 bits per heavy atom. The number of fused-ring (bicyclic) bond motifs is 1. The van der Waals surface area contributed by atoms with Crippen molar-refractivity contribution in [3.05, 3.63) is 42.0 Å². The number of aromatic nitrogens is 3. The standard InChI is InChI=1S/C20H22N6O2/c1-28-19-6-2-5-16(24-19)20(27)26-8-3-4-14-13-25(9-7-17(14)26)18-12-22-11-15(10-21)23-18/h2,5-6,11-12,14,17H,3-4,7-9,13H2,1H3. The molecular formula is C20H22N6O2. The Morgan fingerprint density at radius 2 is 2.14 bits per heavy atom. The van der Waals surface area contributed by atoms with Crippen LogP contribution in [0.25, 0.3) is 0 Å². The van der Waals surface area contributed by atoms with E-state index < -0.39 is 0 Å². The Kier molecular flexibility index (Phi) is 5.06. The van der Waals surface area contributed by atoms with Crippen LogP contribution < -0.4 is 9.64 Å². The average molecular weight is 378 g/mol. The van der Waals surface area contributed by atoms with Crippen molar-refractivity contribution in [2.24, 2.45) is 5.92 Å². The SMILES string of the molecule is COc1cccc(C(=O)N2CCCC3CN(c4cncc(C#N)n4)CCC32)n1. The third-order valence-corrected chi connectivity index (χ3v) is 5.54. The second-order valence-electron chi connectivity index (χ2n) is 7.14. The minimum Gasteiger partial charge on any atom is -0.481 e. The van der Waals surface area contributed by atoms with E-state index in [0.717, 1.165) is 44.7 Å². The number of pyridine rings is 1. The molecule has 2 unspecified atom stereocenters. The highest BCUT2D eigenvalue weighted by Gasteiger charge is 2.39. The lowest BCUT2D eigenvalue weighted by Gasteiger charge is -2.47. The molecule has 2 aromatic heterocycles. The first-order valence-electron chi connectivity index (χ1n) is 9.48. The summed E-state index contributed by atoms with van der Waals surface area (Å²) < 4.78 is 5.16. The molecule has 4 rings (SSSR count). The Bertz CT molecular complexity index is 912. The Labute approximate surface area is 163 Å². The molecule has 0 bridgehead atoms. The van der Waals surface area contributed by atoms with Crippen molar-refractivity contribution in [1.29, 1.82) is 5.26 Å². The van der Waals surface area contributed by atoms with E-state index in [-0.39, 0.29) is 11.9 Å². The van der Waals surface area contributed by atoms with Gasteiger partial charge in [0.05, 0.1) is 19.5 Å². The van der Waals surface area contributed by atoms with Gasteiger partial charge < -0.3 is 14.5 Å². The Hall–Kier alpha value is -3.21. The minimum atomic E-state index is -0.0340. The highest BCUT2D eigenvalue weighted by molar-refractivity contribution is 5.92. The molecule has 2 aliphatic rings. The Balaban J connectivity index is 1.50. The molecule has 28 heavy (non-hydrogen) atoms. The van der Waals surface area contributed by atoms with Gasteiger partial charge >= 0.3 is 0 Å². The second kappa shape index (κ2) is 7.80. The van der Waals surface area contributed by atoms with E-state index >= 15 is 0 Å². The van der Waals surface area contributed by atoms with Crippen molar-refractivity contribution >= 4 is 11.7 Å². The molecule has 2 saturated heterocycles. The average Bonchev–Trinajstić information content (AvgIpc) is 2.77. The summed E-state index contributed by atoms with van der Waals surface area (Å²) >= 11 is 0. The molecule has 8 nitrogen and oxygen atoms in total. The number of nitriles is 1. The number of hydrogen-bond donors (Lipinski definition) is 0. The molecule has 2 aromatic rings. The largest absolute Gasteiger partial charge is 0.481 e. The number of nitrogens with zero attached hydrogens (tertiary/aromatic N) is 6. The van der Waals surface area contributed by atoms with E-state index in [2.05, 4.69) is 19.9 Å². The topological polar surface area (TPSA) is 95.2 Å². The van der Waals surface area contributed by atoms with Crippen LogP contribution in [-0.4, -0.2) is 58.5 Å². The lowest BCUT2D eigenvalue weighted by atomic mass is 9.83. The van der Waals surface area contributed by atoms with Gasteiger partial charge in [-0.1, -0.05) is 6.07 Å². The summed E-state index contributed by atoms with van der Waals surface area (Å²) in [4.78, 5) is 30.1. The quantitative estimate of drug-likeness (QED) is 0.805. The molecule has 144 valence electrons. The number of hydrogen-bond acceptors (Lipinski definition) is 7. The van der Waals surface area contributed by atoms with Crippen LogP contribution in [0.1, 0.15) is 35.4 Å². The van der Waals surface area contributed by atoms with Crippen molar-refractivity contribution in [2.45, 2.75) is 25.3 Å². The number of methoxy groups -OCH3 is 1. The number of piperidine rings is 2. The van der Waals surface area contributed by atoms with Crippen molar-refractivity contribution < 1.29 is 9.53 Å².